The maximum absolute atomic E-state index is 12.6. The van der Waals surface area contributed by atoms with Crippen LogP contribution >= 0.6 is 7.82 Å². The van der Waals surface area contributed by atoms with Crippen molar-refractivity contribution < 1.29 is 37.6 Å². The third kappa shape index (κ3) is 49.4. The maximum atomic E-state index is 12.6. The van der Waals surface area contributed by atoms with Gasteiger partial charge in [0.1, 0.15) is 6.61 Å². The zero-order chi connectivity index (χ0) is 47.4. The van der Waals surface area contributed by atoms with Crippen LogP contribution in [-0.4, -0.2) is 49.3 Å². The standard InChI is InChI=1S/C55H88NO8P/c1-3-5-7-9-11-13-15-17-19-21-22-23-24-25-26-27-28-29-30-32-34-36-38-40-42-44-46-48-55(58)64-53(52-63-65(59,60)62-50-49-56)51-61-54(57)47-45-43-41-39-37-35-33-31-20-18-16-14-12-10-8-6-4-2/h5-8,11-14,17-20,22-23,25-26,28-29,33,35,39,41,53H,3-4,9-10,15-16,21,24,27,30-32,34,36-38,40,42-52,56H2,1-2H3,(H,59,60)/b7-5-,8-6-,13-11-,14-12-,19-17-,20-18-,23-22-,26-25-,29-28-,35-33-,41-39-. The van der Waals surface area contributed by atoms with E-state index in [1.165, 1.54) is 25.7 Å². The van der Waals surface area contributed by atoms with Gasteiger partial charge in [-0.1, -0.05) is 186 Å². The minimum atomic E-state index is -4.41. The highest BCUT2D eigenvalue weighted by Gasteiger charge is 2.26. The molecule has 0 amide bonds. The van der Waals surface area contributed by atoms with Crippen LogP contribution in [0.15, 0.2) is 134 Å². The van der Waals surface area contributed by atoms with Crippen molar-refractivity contribution in [1.82, 2.24) is 0 Å². The van der Waals surface area contributed by atoms with Crippen molar-refractivity contribution in [2.75, 3.05) is 26.4 Å². The molecule has 0 spiro atoms. The van der Waals surface area contributed by atoms with Gasteiger partial charge in [0, 0.05) is 19.4 Å². The molecule has 0 aliphatic heterocycles. The van der Waals surface area contributed by atoms with Gasteiger partial charge in [0.15, 0.2) is 6.10 Å². The largest absolute Gasteiger partial charge is 0.472 e. The van der Waals surface area contributed by atoms with E-state index in [4.69, 9.17) is 24.3 Å². The van der Waals surface area contributed by atoms with E-state index in [2.05, 4.69) is 141 Å². The quantitative estimate of drug-likeness (QED) is 0.0265. The van der Waals surface area contributed by atoms with Gasteiger partial charge in [-0.15, -0.1) is 0 Å². The monoisotopic (exact) mass is 922 g/mol. The van der Waals surface area contributed by atoms with Crippen LogP contribution in [0.1, 0.15) is 168 Å². The number of phosphoric ester groups is 1. The number of rotatable bonds is 44. The van der Waals surface area contributed by atoms with E-state index in [1.807, 2.05) is 6.08 Å². The zero-order valence-corrected chi connectivity index (χ0v) is 41.3. The van der Waals surface area contributed by atoms with E-state index in [9.17, 15) is 19.0 Å². The Morgan fingerprint density at radius 2 is 0.815 bits per heavy atom. The van der Waals surface area contributed by atoms with Crippen LogP contribution in [-0.2, 0) is 32.7 Å². The lowest BCUT2D eigenvalue weighted by Crippen LogP contribution is -2.29. The molecule has 0 aliphatic rings. The first-order valence-corrected chi connectivity index (χ1v) is 26.2. The molecule has 2 atom stereocenters. The third-order valence-corrected chi connectivity index (χ3v) is 10.5. The summed E-state index contributed by atoms with van der Waals surface area (Å²) in [6.07, 6.45) is 69.2. The van der Waals surface area contributed by atoms with Crippen LogP contribution in [0.4, 0.5) is 0 Å². The van der Waals surface area contributed by atoms with Crippen molar-refractivity contribution in [2.24, 2.45) is 5.73 Å². The number of carbonyl (C=O) groups is 2. The molecule has 366 valence electrons. The maximum Gasteiger partial charge on any atom is 0.472 e. The van der Waals surface area contributed by atoms with E-state index in [0.29, 0.717) is 12.8 Å². The van der Waals surface area contributed by atoms with Crippen molar-refractivity contribution in [3.8, 4) is 0 Å². The molecule has 9 nitrogen and oxygen atoms in total. The van der Waals surface area contributed by atoms with Gasteiger partial charge in [0.25, 0.3) is 0 Å². The van der Waals surface area contributed by atoms with Crippen LogP contribution < -0.4 is 5.73 Å². The molecule has 0 aromatic carbocycles. The highest BCUT2D eigenvalue weighted by atomic mass is 31.2. The number of nitrogens with two attached hydrogens (primary N) is 1. The van der Waals surface area contributed by atoms with Gasteiger partial charge in [-0.25, -0.2) is 4.57 Å². The van der Waals surface area contributed by atoms with Crippen molar-refractivity contribution >= 4 is 19.8 Å². The average molecular weight is 922 g/mol. The summed E-state index contributed by atoms with van der Waals surface area (Å²) < 4.78 is 32.8. The molecule has 0 radical (unpaired) electrons. The number of ether oxygens (including phenoxy) is 2. The summed E-state index contributed by atoms with van der Waals surface area (Å²) in [7, 11) is -4.41. The Bertz CT molecular complexity index is 1520. The van der Waals surface area contributed by atoms with E-state index in [-0.39, 0.29) is 32.6 Å². The first-order valence-electron chi connectivity index (χ1n) is 24.7. The van der Waals surface area contributed by atoms with Crippen LogP contribution in [0.2, 0.25) is 0 Å². The van der Waals surface area contributed by atoms with Gasteiger partial charge in [-0.3, -0.25) is 18.6 Å². The second-order valence-electron chi connectivity index (χ2n) is 15.6. The van der Waals surface area contributed by atoms with Gasteiger partial charge in [0.2, 0.25) is 0 Å². The molecule has 0 fully saturated rings. The SMILES string of the molecule is CC/C=C\C/C=C\C/C=C\C/C=C\C/C=C\C/C=C\CCCCCCCCCCC(=O)OC(COC(=O)CCC/C=C\C/C=C\C/C=C\C/C=C\C/C=C\CC)COP(=O)(O)OCCN. The van der Waals surface area contributed by atoms with Crippen LogP contribution in [0.25, 0.3) is 0 Å². The lowest BCUT2D eigenvalue weighted by atomic mass is 10.1. The normalized spacial score (nSPS) is 14.3. The predicted molar refractivity (Wildman–Crippen MR) is 274 cm³/mol. The molecule has 0 saturated heterocycles. The summed E-state index contributed by atoms with van der Waals surface area (Å²) in [5.74, 6) is -0.920. The fraction of sp³-hybridized carbons (Fsp3) is 0.564. The van der Waals surface area contributed by atoms with Crippen molar-refractivity contribution in [1.29, 1.82) is 0 Å². The number of hydrogen-bond donors (Lipinski definition) is 2. The molecule has 0 aliphatic carbocycles. The van der Waals surface area contributed by atoms with Crippen molar-refractivity contribution in [3.63, 3.8) is 0 Å². The minimum absolute atomic E-state index is 0.0363. The Morgan fingerprint density at radius 1 is 0.462 bits per heavy atom. The molecular weight excluding hydrogens is 834 g/mol. The summed E-state index contributed by atoms with van der Waals surface area (Å²) in [4.78, 5) is 35.0. The van der Waals surface area contributed by atoms with Gasteiger partial charge in [-0.05, 0) is 103 Å². The summed E-state index contributed by atoms with van der Waals surface area (Å²) in [5, 5.41) is 0. The van der Waals surface area contributed by atoms with E-state index >= 15 is 0 Å². The number of unbranched alkanes of at least 4 members (excludes halogenated alkanes) is 9. The number of phosphoric acid groups is 1. The second kappa shape index (κ2) is 49.6. The molecule has 0 bridgehead atoms. The van der Waals surface area contributed by atoms with E-state index < -0.39 is 32.5 Å². The number of hydrogen-bond acceptors (Lipinski definition) is 8. The summed E-state index contributed by atoms with van der Waals surface area (Å²) >= 11 is 0. The summed E-state index contributed by atoms with van der Waals surface area (Å²) in [6.45, 7) is 3.40. The Morgan fingerprint density at radius 3 is 1.23 bits per heavy atom. The van der Waals surface area contributed by atoms with Crippen LogP contribution in [0.5, 0.6) is 0 Å². The third-order valence-electron chi connectivity index (χ3n) is 9.53. The fourth-order valence-electron chi connectivity index (χ4n) is 5.97. The van der Waals surface area contributed by atoms with Crippen LogP contribution in [0.3, 0.4) is 0 Å². The molecule has 2 unspecified atom stereocenters. The number of carbonyl (C=O) groups excluding carboxylic acids is 2. The van der Waals surface area contributed by atoms with Gasteiger partial charge < -0.3 is 20.1 Å². The molecule has 0 rings (SSSR count). The van der Waals surface area contributed by atoms with E-state index in [1.54, 1.807) is 0 Å². The lowest BCUT2D eigenvalue weighted by Gasteiger charge is -2.19. The molecule has 0 heterocycles. The Balaban J connectivity index is 4.18. The van der Waals surface area contributed by atoms with Crippen LogP contribution in [0, 0.1) is 0 Å². The number of allylic oxidation sites excluding steroid dienone is 22. The minimum Gasteiger partial charge on any atom is -0.462 e. The van der Waals surface area contributed by atoms with Gasteiger partial charge in [-0.2, -0.15) is 0 Å². The molecule has 0 aromatic rings. The molecule has 0 aromatic heterocycles. The first-order chi connectivity index (χ1) is 31.8. The Kier molecular flexibility index (Phi) is 46.6. The smallest absolute Gasteiger partial charge is 0.462 e. The molecule has 10 heteroatoms. The highest BCUT2D eigenvalue weighted by Crippen LogP contribution is 2.43. The highest BCUT2D eigenvalue weighted by molar-refractivity contribution is 7.47. The Hall–Kier alpha value is -3.85. The van der Waals surface area contributed by atoms with Crippen molar-refractivity contribution in [2.45, 2.75) is 174 Å². The topological polar surface area (TPSA) is 134 Å². The van der Waals surface area contributed by atoms with Gasteiger partial charge in [0.05, 0.1) is 13.2 Å². The van der Waals surface area contributed by atoms with Crippen molar-refractivity contribution in [3.05, 3.63) is 134 Å². The second-order valence-corrected chi connectivity index (χ2v) is 17.0. The zero-order valence-electron chi connectivity index (χ0n) is 40.4. The summed E-state index contributed by atoms with van der Waals surface area (Å²) in [5.41, 5.74) is 5.36. The molecule has 65 heavy (non-hydrogen) atoms. The van der Waals surface area contributed by atoms with Gasteiger partial charge >= 0.3 is 19.8 Å². The Labute approximate surface area is 395 Å². The number of esters is 2. The van der Waals surface area contributed by atoms with E-state index in [0.717, 1.165) is 103 Å². The predicted octanol–water partition coefficient (Wildman–Crippen LogP) is 15.1. The molecule has 3 N–H and O–H groups in total. The fourth-order valence-corrected chi connectivity index (χ4v) is 6.73. The molecular formula is C55H88NO8P. The lowest BCUT2D eigenvalue weighted by molar-refractivity contribution is -0.161. The first kappa shape index (κ1) is 61.1. The summed E-state index contributed by atoms with van der Waals surface area (Å²) in [6, 6.07) is 0. The molecule has 0 saturated carbocycles. The average Bonchev–Trinajstić information content (AvgIpc) is 3.30.